The number of hydrogen-bond donors (Lipinski definition) is 1. The maximum Gasteiger partial charge on any atom is 0.226 e. The summed E-state index contributed by atoms with van der Waals surface area (Å²) in [6.45, 7) is 8.01. The van der Waals surface area contributed by atoms with E-state index in [1.165, 1.54) is 16.0 Å². The van der Waals surface area contributed by atoms with E-state index in [0.717, 1.165) is 10.6 Å². The Kier molecular flexibility index (Phi) is 5.07. The number of para-hydroxylation sites is 1. The summed E-state index contributed by atoms with van der Waals surface area (Å²) >= 11 is 1.69. The van der Waals surface area contributed by atoms with Crippen LogP contribution < -0.4 is 5.32 Å². The van der Waals surface area contributed by atoms with E-state index in [0.29, 0.717) is 0 Å². The van der Waals surface area contributed by atoms with Gasteiger partial charge in [0.25, 0.3) is 0 Å². The fraction of sp³-hybridized carbons (Fsp3) is 0.278. The molecule has 1 N–H and O–H groups in total. The van der Waals surface area contributed by atoms with Gasteiger partial charge in [0.2, 0.25) is 5.91 Å². The van der Waals surface area contributed by atoms with E-state index in [4.69, 9.17) is 0 Å². The molecule has 2 aromatic carbocycles. The van der Waals surface area contributed by atoms with Crippen molar-refractivity contribution in [1.82, 2.24) is 0 Å². The van der Waals surface area contributed by atoms with Crippen LogP contribution in [0.25, 0.3) is 0 Å². The molecule has 0 aromatic heterocycles. The minimum absolute atomic E-state index is 0.0239. The summed E-state index contributed by atoms with van der Waals surface area (Å²) in [5.74, 6) is 0.0212. The Hall–Kier alpha value is -1.74. The van der Waals surface area contributed by atoms with E-state index < -0.39 is 0 Å². The van der Waals surface area contributed by atoms with Gasteiger partial charge in [-0.05, 0) is 37.6 Å². The molecule has 0 aliphatic rings. The van der Waals surface area contributed by atoms with E-state index in [2.05, 4.69) is 37.4 Å². The first kappa shape index (κ1) is 15.6. The minimum Gasteiger partial charge on any atom is -0.325 e. The van der Waals surface area contributed by atoms with Gasteiger partial charge in [-0.2, -0.15) is 0 Å². The predicted octanol–water partition coefficient (Wildman–Crippen LogP) is 5.05. The number of rotatable bonds is 4. The summed E-state index contributed by atoms with van der Waals surface area (Å²) in [4.78, 5) is 14.2. The number of amides is 1. The largest absolute Gasteiger partial charge is 0.325 e. The summed E-state index contributed by atoms with van der Waals surface area (Å²) in [5.41, 5.74) is 3.39. The summed E-state index contributed by atoms with van der Waals surface area (Å²) in [6, 6.07) is 14.4. The van der Waals surface area contributed by atoms with Gasteiger partial charge >= 0.3 is 0 Å². The van der Waals surface area contributed by atoms with Crippen molar-refractivity contribution in [2.75, 3.05) is 5.32 Å². The highest BCUT2D eigenvalue weighted by atomic mass is 32.2. The van der Waals surface area contributed by atoms with Crippen LogP contribution in [0.3, 0.4) is 0 Å². The SMILES string of the molecule is Cc1ccc(Sc2ccccc2NC(=O)C(C)C)c(C)c1. The molecule has 0 bridgehead atoms. The molecule has 0 saturated heterocycles. The van der Waals surface area contributed by atoms with Gasteiger partial charge in [-0.3, -0.25) is 4.79 Å². The van der Waals surface area contributed by atoms with Gasteiger partial charge in [0.1, 0.15) is 0 Å². The number of benzene rings is 2. The van der Waals surface area contributed by atoms with Crippen molar-refractivity contribution in [3.8, 4) is 0 Å². The van der Waals surface area contributed by atoms with Crippen molar-refractivity contribution in [1.29, 1.82) is 0 Å². The molecule has 3 heteroatoms. The maximum atomic E-state index is 11.9. The summed E-state index contributed by atoms with van der Waals surface area (Å²) < 4.78 is 0. The monoisotopic (exact) mass is 299 g/mol. The lowest BCUT2D eigenvalue weighted by Gasteiger charge is -2.13. The second-order valence-electron chi connectivity index (χ2n) is 5.51. The summed E-state index contributed by atoms with van der Waals surface area (Å²) in [5, 5.41) is 3.00. The van der Waals surface area contributed by atoms with Crippen LogP contribution in [0.4, 0.5) is 5.69 Å². The molecule has 0 fully saturated rings. The zero-order valence-electron chi connectivity index (χ0n) is 12.9. The van der Waals surface area contributed by atoms with E-state index in [9.17, 15) is 4.79 Å². The van der Waals surface area contributed by atoms with Gasteiger partial charge in [-0.25, -0.2) is 0 Å². The average Bonchev–Trinajstić information content (AvgIpc) is 2.43. The van der Waals surface area contributed by atoms with Gasteiger partial charge in [0.15, 0.2) is 0 Å². The van der Waals surface area contributed by atoms with Crippen molar-refractivity contribution in [3.63, 3.8) is 0 Å². The minimum atomic E-state index is -0.0239. The van der Waals surface area contributed by atoms with E-state index >= 15 is 0 Å². The Balaban J connectivity index is 2.26. The molecule has 110 valence electrons. The highest BCUT2D eigenvalue weighted by Gasteiger charge is 2.11. The van der Waals surface area contributed by atoms with Crippen LogP contribution in [0.2, 0.25) is 0 Å². The molecule has 0 unspecified atom stereocenters. The Morgan fingerprint density at radius 2 is 1.76 bits per heavy atom. The molecule has 2 rings (SSSR count). The van der Waals surface area contributed by atoms with Crippen LogP contribution in [0, 0.1) is 19.8 Å². The lowest BCUT2D eigenvalue weighted by atomic mass is 10.2. The van der Waals surface area contributed by atoms with Gasteiger partial charge in [0.05, 0.1) is 5.69 Å². The topological polar surface area (TPSA) is 29.1 Å². The molecule has 0 spiro atoms. The van der Waals surface area contributed by atoms with Gasteiger partial charge in [0, 0.05) is 15.7 Å². The highest BCUT2D eigenvalue weighted by Crippen LogP contribution is 2.35. The number of aryl methyl sites for hydroxylation is 2. The molecule has 1 amide bonds. The number of anilines is 1. The van der Waals surface area contributed by atoms with Crippen molar-refractivity contribution >= 4 is 23.4 Å². The van der Waals surface area contributed by atoms with Crippen molar-refractivity contribution in [3.05, 3.63) is 53.6 Å². The van der Waals surface area contributed by atoms with Crippen molar-refractivity contribution < 1.29 is 4.79 Å². The van der Waals surface area contributed by atoms with E-state index in [1.54, 1.807) is 11.8 Å². The fourth-order valence-electron chi connectivity index (χ4n) is 1.97. The van der Waals surface area contributed by atoms with Crippen molar-refractivity contribution in [2.45, 2.75) is 37.5 Å². The van der Waals surface area contributed by atoms with Crippen LogP contribution in [0.5, 0.6) is 0 Å². The number of hydrogen-bond acceptors (Lipinski definition) is 2. The first-order valence-corrected chi connectivity index (χ1v) is 7.94. The highest BCUT2D eigenvalue weighted by molar-refractivity contribution is 7.99. The Labute approximate surface area is 131 Å². The van der Waals surface area contributed by atoms with Crippen LogP contribution >= 0.6 is 11.8 Å². The normalized spacial score (nSPS) is 10.7. The third kappa shape index (κ3) is 4.11. The van der Waals surface area contributed by atoms with Gasteiger partial charge in [-0.1, -0.05) is 55.4 Å². The fourth-order valence-corrected chi connectivity index (χ4v) is 2.94. The Morgan fingerprint density at radius 1 is 1.05 bits per heavy atom. The first-order chi connectivity index (χ1) is 9.97. The lowest BCUT2D eigenvalue weighted by Crippen LogP contribution is -2.18. The molecule has 21 heavy (non-hydrogen) atoms. The quantitative estimate of drug-likeness (QED) is 0.856. The number of carbonyl (C=O) groups excluding carboxylic acids is 1. The van der Waals surface area contributed by atoms with Gasteiger partial charge in [-0.15, -0.1) is 0 Å². The van der Waals surface area contributed by atoms with Crippen LogP contribution in [-0.4, -0.2) is 5.91 Å². The molecule has 2 nitrogen and oxygen atoms in total. The number of carbonyl (C=O) groups is 1. The van der Waals surface area contributed by atoms with Gasteiger partial charge < -0.3 is 5.32 Å². The summed E-state index contributed by atoms with van der Waals surface area (Å²) in [7, 11) is 0. The van der Waals surface area contributed by atoms with Crippen molar-refractivity contribution in [2.24, 2.45) is 5.92 Å². The molecule has 0 saturated carbocycles. The Morgan fingerprint density at radius 3 is 2.43 bits per heavy atom. The van der Waals surface area contributed by atoms with E-state index in [-0.39, 0.29) is 11.8 Å². The zero-order valence-corrected chi connectivity index (χ0v) is 13.8. The zero-order chi connectivity index (χ0) is 15.4. The van der Waals surface area contributed by atoms with Crippen LogP contribution in [0.1, 0.15) is 25.0 Å². The molecule has 0 radical (unpaired) electrons. The molecule has 0 heterocycles. The standard InChI is InChI=1S/C18H21NOS/c1-12(2)18(20)19-15-7-5-6-8-17(15)21-16-10-9-13(3)11-14(16)4/h5-12H,1-4H3,(H,19,20). The average molecular weight is 299 g/mol. The summed E-state index contributed by atoms with van der Waals surface area (Å²) in [6.07, 6.45) is 0. The second kappa shape index (κ2) is 6.81. The van der Waals surface area contributed by atoms with Crippen LogP contribution in [0.15, 0.2) is 52.3 Å². The third-order valence-corrected chi connectivity index (χ3v) is 4.47. The Bertz CT molecular complexity index is 649. The third-order valence-electron chi connectivity index (χ3n) is 3.22. The second-order valence-corrected chi connectivity index (χ2v) is 6.59. The lowest BCUT2D eigenvalue weighted by molar-refractivity contribution is -0.118. The molecule has 0 aliphatic heterocycles. The van der Waals surface area contributed by atoms with E-state index in [1.807, 2.05) is 38.1 Å². The van der Waals surface area contributed by atoms with Crippen LogP contribution in [-0.2, 0) is 4.79 Å². The maximum absolute atomic E-state index is 11.9. The smallest absolute Gasteiger partial charge is 0.226 e. The molecule has 0 aliphatic carbocycles. The molecular weight excluding hydrogens is 278 g/mol. The molecule has 0 atom stereocenters. The molecule has 2 aromatic rings. The number of nitrogens with one attached hydrogen (secondary N) is 1. The predicted molar refractivity (Wildman–Crippen MR) is 89.9 cm³/mol. The first-order valence-electron chi connectivity index (χ1n) is 7.12. The molecular formula is C18H21NOS.